The molecule has 0 aromatic carbocycles. The van der Waals surface area contributed by atoms with Crippen LogP contribution in [0.4, 0.5) is 13.2 Å². The van der Waals surface area contributed by atoms with Gasteiger partial charge >= 0.3 is 6.18 Å². The summed E-state index contributed by atoms with van der Waals surface area (Å²) >= 11 is 0. The first kappa shape index (κ1) is 15.8. The van der Waals surface area contributed by atoms with E-state index < -0.39 is 18.5 Å². The number of halogens is 3. The molecule has 130 valence electrons. The number of alkyl halides is 3. The number of hydrogen-bond acceptors (Lipinski definition) is 4. The van der Waals surface area contributed by atoms with Crippen molar-refractivity contribution in [2.24, 2.45) is 0 Å². The van der Waals surface area contributed by atoms with E-state index in [9.17, 15) is 18.0 Å². The van der Waals surface area contributed by atoms with E-state index in [1.54, 1.807) is 18.6 Å². The maximum Gasteiger partial charge on any atom is 0.397 e. The fourth-order valence-electron chi connectivity index (χ4n) is 3.42. The fourth-order valence-corrected chi connectivity index (χ4v) is 3.42. The number of hydrogen-bond donors (Lipinski definition) is 0. The summed E-state index contributed by atoms with van der Waals surface area (Å²) in [5, 5.41) is 9.16. The molecule has 4 rings (SSSR count). The van der Waals surface area contributed by atoms with Gasteiger partial charge in [0.15, 0.2) is 0 Å². The highest BCUT2D eigenvalue weighted by molar-refractivity contribution is 5.95. The molecule has 0 radical (unpaired) electrons. The first-order chi connectivity index (χ1) is 11.9. The van der Waals surface area contributed by atoms with Crippen molar-refractivity contribution < 1.29 is 18.0 Å². The molecule has 3 aromatic heterocycles. The molecule has 1 fully saturated rings. The zero-order valence-corrected chi connectivity index (χ0v) is 13.1. The van der Waals surface area contributed by atoms with Crippen LogP contribution in [0.1, 0.15) is 24.3 Å². The largest absolute Gasteiger partial charge is 0.397 e. The molecule has 9 heteroatoms. The van der Waals surface area contributed by atoms with Gasteiger partial charge in [0.25, 0.3) is 0 Å². The van der Waals surface area contributed by atoms with Gasteiger partial charge in [0.05, 0.1) is 23.4 Å². The summed E-state index contributed by atoms with van der Waals surface area (Å²) in [6, 6.07) is 3.68. The summed E-state index contributed by atoms with van der Waals surface area (Å²) in [7, 11) is 0. The minimum absolute atomic E-state index is 0.0382. The minimum atomic E-state index is -4.48. The van der Waals surface area contributed by atoms with Gasteiger partial charge in [-0.25, -0.2) is 0 Å². The number of carbonyl (C=O) groups is 1. The maximum absolute atomic E-state index is 12.5. The SMILES string of the molecule is O=C(CC(F)(F)F)N1CCC(c2ccnc3cnn4nccc4c23)C1. The highest BCUT2D eigenvalue weighted by atomic mass is 19.4. The molecule has 1 aliphatic heterocycles. The van der Waals surface area contributed by atoms with Crippen LogP contribution < -0.4 is 0 Å². The Morgan fingerprint density at radius 2 is 2.08 bits per heavy atom. The zero-order chi connectivity index (χ0) is 17.6. The van der Waals surface area contributed by atoms with Gasteiger partial charge in [-0.15, -0.1) is 0 Å². The molecule has 0 spiro atoms. The van der Waals surface area contributed by atoms with Crippen LogP contribution in [0.3, 0.4) is 0 Å². The Hall–Kier alpha value is -2.71. The first-order valence-electron chi connectivity index (χ1n) is 7.84. The average Bonchev–Trinajstić information content (AvgIpc) is 3.22. The number of likely N-dealkylation sites (tertiary alicyclic amines) is 1. The Labute approximate surface area is 140 Å². The van der Waals surface area contributed by atoms with Crippen molar-refractivity contribution in [3.8, 4) is 0 Å². The third-order valence-electron chi connectivity index (χ3n) is 4.51. The molecule has 0 bridgehead atoms. The van der Waals surface area contributed by atoms with E-state index >= 15 is 0 Å². The number of amides is 1. The third-order valence-corrected chi connectivity index (χ3v) is 4.51. The van der Waals surface area contributed by atoms with E-state index in [0.29, 0.717) is 18.5 Å². The maximum atomic E-state index is 12.5. The Bertz CT molecular complexity index is 952. The highest BCUT2D eigenvalue weighted by Crippen LogP contribution is 2.34. The van der Waals surface area contributed by atoms with Crippen LogP contribution in [-0.4, -0.2) is 49.9 Å². The molecular formula is C16H14F3N5O. The van der Waals surface area contributed by atoms with Crippen molar-refractivity contribution in [2.45, 2.75) is 24.9 Å². The number of fused-ring (bicyclic) bond motifs is 3. The van der Waals surface area contributed by atoms with Crippen LogP contribution in [0.25, 0.3) is 16.4 Å². The van der Waals surface area contributed by atoms with E-state index in [1.807, 2.05) is 12.1 Å². The lowest BCUT2D eigenvalue weighted by atomic mass is 9.95. The summed E-state index contributed by atoms with van der Waals surface area (Å²) < 4.78 is 38.9. The number of aromatic nitrogens is 4. The second-order valence-electron chi connectivity index (χ2n) is 6.13. The molecule has 25 heavy (non-hydrogen) atoms. The predicted octanol–water partition coefficient (Wildman–Crippen LogP) is 2.55. The summed E-state index contributed by atoms with van der Waals surface area (Å²) in [4.78, 5) is 17.4. The number of pyridine rings is 1. The molecule has 6 nitrogen and oxygen atoms in total. The zero-order valence-electron chi connectivity index (χ0n) is 13.1. The second kappa shape index (κ2) is 5.68. The lowest BCUT2D eigenvalue weighted by Gasteiger charge is -2.18. The van der Waals surface area contributed by atoms with Gasteiger partial charge < -0.3 is 4.90 Å². The second-order valence-corrected chi connectivity index (χ2v) is 6.13. The van der Waals surface area contributed by atoms with E-state index in [1.165, 1.54) is 9.53 Å². The molecule has 4 heterocycles. The van der Waals surface area contributed by atoms with E-state index in [2.05, 4.69) is 15.2 Å². The Balaban J connectivity index is 1.67. The van der Waals surface area contributed by atoms with Crippen molar-refractivity contribution in [3.05, 3.63) is 36.3 Å². The predicted molar refractivity (Wildman–Crippen MR) is 82.9 cm³/mol. The molecule has 1 aliphatic rings. The van der Waals surface area contributed by atoms with Crippen molar-refractivity contribution in [3.63, 3.8) is 0 Å². The highest BCUT2D eigenvalue weighted by Gasteiger charge is 2.36. The lowest BCUT2D eigenvalue weighted by Crippen LogP contribution is -2.32. The molecular weight excluding hydrogens is 335 g/mol. The molecule has 3 aromatic rings. The molecule has 1 atom stereocenters. The normalized spacial score (nSPS) is 18.4. The van der Waals surface area contributed by atoms with Gasteiger partial charge in [-0.05, 0) is 24.1 Å². The summed E-state index contributed by atoms with van der Waals surface area (Å²) in [5.41, 5.74) is 2.45. The standard InChI is InChI=1S/C16H14F3N5O/c17-16(18,19)7-14(25)23-6-3-10(9-23)11-1-4-20-12-8-22-24-13(15(11)12)2-5-21-24/h1-2,4-5,8,10H,3,6-7,9H2. The van der Waals surface area contributed by atoms with Crippen LogP contribution in [0.5, 0.6) is 0 Å². The van der Waals surface area contributed by atoms with Crippen molar-refractivity contribution in [1.82, 2.24) is 24.7 Å². The number of carbonyl (C=O) groups excluding carboxylic acids is 1. The van der Waals surface area contributed by atoms with Gasteiger partial charge in [0.2, 0.25) is 5.91 Å². The number of nitrogens with zero attached hydrogens (tertiary/aromatic N) is 5. The van der Waals surface area contributed by atoms with Crippen LogP contribution in [-0.2, 0) is 4.79 Å². The molecule has 0 aliphatic carbocycles. The topological polar surface area (TPSA) is 63.4 Å². The third kappa shape index (κ3) is 2.90. The molecule has 1 amide bonds. The quantitative estimate of drug-likeness (QED) is 0.713. The number of rotatable bonds is 2. The van der Waals surface area contributed by atoms with Gasteiger partial charge in [0, 0.05) is 30.6 Å². The Kier molecular flexibility index (Phi) is 3.59. The van der Waals surface area contributed by atoms with Gasteiger partial charge in [0.1, 0.15) is 6.42 Å². The van der Waals surface area contributed by atoms with Crippen LogP contribution in [0.15, 0.2) is 30.7 Å². The van der Waals surface area contributed by atoms with Gasteiger partial charge in [-0.2, -0.15) is 28.0 Å². The average molecular weight is 349 g/mol. The van der Waals surface area contributed by atoms with E-state index in [0.717, 1.165) is 16.5 Å². The molecule has 1 saturated heterocycles. The molecule has 0 N–H and O–H groups in total. The summed E-state index contributed by atoms with van der Waals surface area (Å²) in [5.74, 6) is -0.909. The molecule has 0 saturated carbocycles. The Morgan fingerprint density at radius 1 is 1.24 bits per heavy atom. The van der Waals surface area contributed by atoms with Crippen LogP contribution in [0.2, 0.25) is 0 Å². The van der Waals surface area contributed by atoms with Crippen molar-refractivity contribution in [2.75, 3.05) is 13.1 Å². The fraction of sp³-hybridized carbons (Fsp3) is 0.375. The van der Waals surface area contributed by atoms with Crippen molar-refractivity contribution >= 4 is 22.3 Å². The van der Waals surface area contributed by atoms with E-state index in [-0.39, 0.29) is 12.5 Å². The van der Waals surface area contributed by atoms with Crippen LogP contribution >= 0.6 is 0 Å². The van der Waals surface area contributed by atoms with Crippen LogP contribution in [0, 0.1) is 0 Å². The monoisotopic (exact) mass is 349 g/mol. The first-order valence-corrected chi connectivity index (χ1v) is 7.84. The minimum Gasteiger partial charge on any atom is -0.342 e. The smallest absolute Gasteiger partial charge is 0.342 e. The summed E-state index contributed by atoms with van der Waals surface area (Å²) in [6.07, 6.45) is -0.369. The van der Waals surface area contributed by atoms with Gasteiger partial charge in [-0.1, -0.05) is 0 Å². The lowest BCUT2D eigenvalue weighted by molar-refractivity contribution is -0.160. The summed E-state index contributed by atoms with van der Waals surface area (Å²) in [6.45, 7) is 0.598. The van der Waals surface area contributed by atoms with E-state index in [4.69, 9.17) is 0 Å². The molecule has 1 unspecified atom stereocenters. The Morgan fingerprint density at radius 3 is 2.88 bits per heavy atom. The van der Waals surface area contributed by atoms with Crippen molar-refractivity contribution in [1.29, 1.82) is 0 Å². The van der Waals surface area contributed by atoms with Gasteiger partial charge in [-0.3, -0.25) is 9.78 Å².